The summed E-state index contributed by atoms with van der Waals surface area (Å²) in [5, 5.41) is 20.8. The Kier molecular flexibility index (Phi) is 3.99. The Bertz CT molecular complexity index is 539. The topological polar surface area (TPSA) is 57.5 Å². The Morgan fingerprint density at radius 1 is 1.35 bits per heavy atom. The molecule has 3 nitrogen and oxygen atoms in total. The first-order chi connectivity index (χ1) is 10.8. The van der Waals surface area contributed by atoms with Gasteiger partial charge < -0.3 is 10.2 Å². The average Bonchev–Trinajstić information content (AvgIpc) is 2.49. The second kappa shape index (κ2) is 5.47. The van der Waals surface area contributed by atoms with Crippen molar-refractivity contribution in [3.63, 3.8) is 0 Å². The number of carboxylic acids is 1. The standard InChI is InChI=1S/C20H30O3/c1-5-13-12(2)7-8-14-17(13)15(21)11-16-19(14,3)9-6-10-20(16,4)18(22)23/h5,13-17,21H,1-2,6-11H2,3-4H3,(H,22,23). The lowest BCUT2D eigenvalue weighted by atomic mass is 9.42. The first-order valence-corrected chi connectivity index (χ1v) is 8.97. The molecule has 3 aliphatic carbocycles. The smallest absolute Gasteiger partial charge is 0.309 e. The van der Waals surface area contributed by atoms with Crippen LogP contribution >= 0.6 is 0 Å². The van der Waals surface area contributed by atoms with E-state index < -0.39 is 17.5 Å². The lowest BCUT2D eigenvalue weighted by molar-refractivity contribution is -0.185. The van der Waals surface area contributed by atoms with Gasteiger partial charge in [0.1, 0.15) is 0 Å². The molecule has 0 bridgehead atoms. The molecule has 3 aliphatic rings. The van der Waals surface area contributed by atoms with Crippen LogP contribution in [0.2, 0.25) is 0 Å². The molecule has 0 saturated heterocycles. The Hall–Kier alpha value is -1.09. The van der Waals surface area contributed by atoms with Crippen LogP contribution in [0.5, 0.6) is 0 Å². The van der Waals surface area contributed by atoms with Gasteiger partial charge in [0.25, 0.3) is 0 Å². The molecule has 0 spiro atoms. The zero-order valence-corrected chi connectivity index (χ0v) is 14.4. The highest BCUT2D eigenvalue weighted by molar-refractivity contribution is 5.75. The quantitative estimate of drug-likeness (QED) is 0.756. The van der Waals surface area contributed by atoms with Crippen molar-refractivity contribution in [3.8, 4) is 0 Å². The molecular formula is C20H30O3. The van der Waals surface area contributed by atoms with Crippen LogP contribution in [0.15, 0.2) is 24.8 Å². The number of allylic oxidation sites excluding steroid dienone is 2. The fraction of sp³-hybridized carbons (Fsp3) is 0.750. The fourth-order valence-corrected chi connectivity index (χ4v) is 6.36. The number of aliphatic carboxylic acids is 1. The molecule has 0 aliphatic heterocycles. The fourth-order valence-electron chi connectivity index (χ4n) is 6.36. The summed E-state index contributed by atoms with van der Waals surface area (Å²) in [4.78, 5) is 12.0. The average molecular weight is 318 g/mol. The molecule has 23 heavy (non-hydrogen) atoms. The lowest BCUT2D eigenvalue weighted by Crippen LogP contribution is -2.60. The Morgan fingerprint density at radius 3 is 2.65 bits per heavy atom. The number of hydrogen-bond donors (Lipinski definition) is 2. The van der Waals surface area contributed by atoms with E-state index in [1.54, 1.807) is 0 Å². The second-order valence-electron chi connectivity index (χ2n) is 8.58. The molecule has 3 fully saturated rings. The van der Waals surface area contributed by atoms with Crippen LogP contribution in [-0.2, 0) is 4.79 Å². The van der Waals surface area contributed by atoms with Crippen LogP contribution < -0.4 is 0 Å². The van der Waals surface area contributed by atoms with Crippen LogP contribution in [0.1, 0.15) is 52.4 Å². The maximum absolute atomic E-state index is 12.0. The van der Waals surface area contributed by atoms with Crippen molar-refractivity contribution < 1.29 is 15.0 Å². The minimum absolute atomic E-state index is 0.00273. The summed E-state index contributed by atoms with van der Waals surface area (Å²) >= 11 is 0. The molecular weight excluding hydrogens is 288 g/mol. The lowest BCUT2D eigenvalue weighted by Gasteiger charge is -2.62. The van der Waals surface area contributed by atoms with Gasteiger partial charge in [-0.25, -0.2) is 0 Å². The molecule has 0 heterocycles. The molecule has 3 saturated carbocycles. The third-order valence-electron chi connectivity index (χ3n) is 7.61. The molecule has 2 N–H and O–H groups in total. The van der Waals surface area contributed by atoms with Gasteiger partial charge in [0.2, 0.25) is 0 Å². The zero-order valence-electron chi connectivity index (χ0n) is 14.4. The van der Waals surface area contributed by atoms with Gasteiger partial charge >= 0.3 is 5.97 Å². The number of hydrogen-bond acceptors (Lipinski definition) is 2. The Balaban J connectivity index is 2.03. The summed E-state index contributed by atoms with van der Waals surface area (Å²) < 4.78 is 0. The van der Waals surface area contributed by atoms with Gasteiger partial charge in [-0.1, -0.05) is 31.6 Å². The Labute approximate surface area is 139 Å². The highest BCUT2D eigenvalue weighted by Gasteiger charge is 2.62. The first kappa shape index (κ1) is 16.8. The second-order valence-corrected chi connectivity index (χ2v) is 8.58. The van der Waals surface area contributed by atoms with Crippen molar-refractivity contribution in [1.82, 2.24) is 0 Å². The van der Waals surface area contributed by atoms with E-state index in [-0.39, 0.29) is 23.2 Å². The van der Waals surface area contributed by atoms with Gasteiger partial charge in [0, 0.05) is 5.92 Å². The van der Waals surface area contributed by atoms with E-state index in [1.165, 1.54) is 5.57 Å². The minimum atomic E-state index is -0.711. The first-order valence-electron chi connectivity index (χ1n) is 8.97. The molecule has 128 valence electrons. The number of aliphatic hydroxyl groups excluding tert-OH is 1. The summed E-state index contributed by atoms with van der Waals surface area (Å²) in [5.41, 5.74) is 0.466. The van der Waals surface area contributed by atoms with Crippen LogP contribution in [0, 0.1) is 34.5 Å². The van der Waals surface area contributed by atoms with Crippen molar-refractivity contribution in [2.45, 2.75) is 58.5 Å². The summed E-state index contributed by atoms with van der Waals surface area (Å²) in [7, 11) is 0. The maximum atomic E-state index is 12.0. The third kappa shape index (κ3) is 2.23. The van der Waals surface area contributed by atoms with Crippen LogP contribution in [0.4, 0.5) is 0 Å². The van der Waals surface area contributed by atoms with Gasteiger partial charge in [-0.3, -0.25) is 4.79 Å². The summed E-state index contributed by atoms with van der Waals surface area (Å²) in [6, 6.07) is 0. The van der Waals surface area contributed by atoms with Gasteiger partial charge in [-0.15, -0.1) is 6.58 Å². The van der Waals surface area contributed by atoms with Crippen LogP contribution in [-0.4, -0.2) is 22.3 Å². The van der Waals surface area contributed by atoms with Crippen LogP contribution in [0.25, 0.3) is 0 Å². The largest absolute Gasteiger partial charge is 0.481 e. The number of aliphatic hydroxyl groups is 1. The molecule has 7 unspecified atom stereocenters. The zero-order chi connectivity index (χ0) is 17.0. The van der Waals surface area contributed by atoms with E-state index in [0.717, 1.165) is 32.1 Å². The summed E-state index contributed by atoms with van der Waals surface area (Å²) in [6.07, 6.45) is 6.85. The molecule has 0 aromatic rings. The van der Waals surface area contributed by atoms with E-state index in [2.05, 4.69) is 20.1 Å². The predicted octanol–water partition coefficient (Wildman–Crippen LogP) is 4.03. The molecule has 0 radical (unpaired) electrons. The van der Waals surface area contributed by atoms with Crippen molar-refractivity contribution in [2.24, 2.45) is 34.5 Å². The Morgan fingerprint density at radius 2 is 2.04 bits per heavy atom. The minimum Gasteiger partial charge on any atom is -0.481 e. The number of carboxylic acid groups (broad SMARTS) is 1. The van der Waals surface area contributed by atoms with E-state index in [4.69, 9.17) is 0 Å². The number of fused-ring (bicyclic) bond motifs is 3. The van der Waals surface area contributed by atoms with E-state index in [0.29, 0.717) is 12.3 Å². The van der Waals surface area contributed by atoms with Gasteiger partial charge in [0.15, 0.2) is 0 Å². The summed E-state index contributed by atoms with van der Waals surface area (Å²) in [5.74, 6) is 0.0447. The van der Waals surface area contributed by atoms with Crippen molar-refractivity contribution in [3.05, 3.63) is 24.8 Å². The van der Waals surface area contributed by atoms with Crippen molar-refractivity contribution in [2.75, 3.05) is 0 Å². The molecule has 3 rings (SSSR count). The van der Waals surface area contributed by atoms with Crippen molar-refractivity contribution >= 4 is 5.97 Å². The van der Waals surface area contributed by atoms with Gasteiger partial charge in [-0.2, -0.15) is 0 Å². The monoisotopic (exact) mass is 318 g/mol. The van der Waals surface area contributed by atoms with Gasteiger partial charge in [-0.05, 0) is 62.2 Å². The normalized spacial score (nSPS) is 49.9. The highest BCUT2D eigenvalue weighted by atomic mass is 16.4. The van der Waals surface area contributed by atoms with E-state index in [1.807, 2.05) is 13.0 Å². The third-order valence-corrected chi connectivity index (χ3v) is 7.61. The maximum Gasteiger partial charge on any atom is 0.309 e. The SMILES string of the molecule is C=CC1C(=C)CCC2C1C(O)CC1C(C)(C(=O)O)CCCC21C. The molecule has 0 aromatic carbocycles. The van der Waals surface area contributed by atoms with E-state index >= 15 is 0 Å². The molecule has 0 aromatic heterocycles. The molecule has 0 amide bonds. The number of rotatable bonds is 2. The van der Waals surface area contributed by atoms with Crippen LogP contribution in [0.3, 0.4) is 0 Å². The van der Waals surface area contributed by atoms with Crippen molar-refractivity contribution in [1.29, 1.82) is 0 Å². The van der Waals surface area contributed by atoms with Gasteiger partial charge in [0.05, 0.1) is 11.5 Å². The molecule has 3 heteroatoms. The summed E-state index contributed by atoms with van der Waals surface area (Å²) in [6.45, 7) is 12.4. The van der Waals surface area contributed by atoms with E-state index in [9.17, 15) is 15.0 Å². The number of carbonyl (C=O) groups is 1. The molecule has 7 atom stereocenters. The highest BCUT2D eigenvalue weighted by Crippen LogP contribution is 2.65. The predicted molar refractivity (Wildman–Crippen MR) is 90.9 cm³/mol.